The molecular formula is C21H23BrN2O2. The normalized spacial score (nSPS) is 24.3. The summed E-state index contributed by atoms with van der Waals surface area (Å²) in [5, 5.41) is 6.80. The van der Waals surface area contributed by atoms with Crippen LogP contribution in [0.25, 0.3) is 0 Å². The van der Waals surface area contributed by atoms with Gasteiger partial charge in [0.05, 0.1) is 6.04 Å². The molecule has 4 rings (SSSR count). The highest BCUT2D eigenvalue weighted by Gasteiger charge is 2.42. The van der Waals surface area contributed by atoms with Gasteiger partial charge in [-0.25, -0.2) is 4.79 Å². The molecule has 26 heavy (non-hydrogen) atoms. The first-order chi connectivity index (χ1) is 12.6. The van der Waals surface area contributed by atoms with Crippen LogP contribution in [0.15, 0.2) is 53.0 Å². The Bertz CT molecular complexity index is 792. The van der Waals surface area contributed by atoms with Crippen LogP contribution in [0.3, 0.4) is 0 Å². The number of rotatable bonds is 4. The molecule has 136 valence electrons. The van der Waals surface area contributed by atoms with Gasteiger partial charge in [0.15, 0.2) is 0 Å². The summed E-state index contributed by atoms with van der Waals surface area (Å²) in [7, 11) is 0. The number of benzene rings is 2. The molecule has 1 aliphatic heterocycles. The molecular weight excluding hydrogens is 392 g/mol. The van der Waals surface area contributed by atoms with Crippen LogP contribution in [-0.4, -0.2) is 12.1 Å². The van der Waals surface area contributed by atoms with Crippen molar-refractivity contribution in [3.05, 3.63) is 64.1 Å². The average molecular weight is 415 g/mol. The second kappa shape index (κ2) is 7.31. The van der Waals surface area contributed by atoms with E-state index < -0.39 is 0 Å². The van der Waals surface area contributed by atoms with E-state index in [0.717, 1.165) is 21.3 Å². The molecule has 5 heteroatoms. The monoisotopic (exact) mass is 414 g/mol. The number of amides is 1. The molecule has 0 spiro atoms. The van der Waals surface area contributed by atoms with Gasteiger partial charge in [0.2, 0.25) is 0 Å². The molecule has 0 bridgehead atoms. The highest BCUT2D eigenvalue weighted by molar-refractivity contribution is 9.10. The topological polar surface area (TPSA) is 50.4 Å². The van der Waals surface area contributed by atoms with Crippen LogP contribution in [0.2, 0.25) is 0 Å². The number of ether oxygens (including phenoxy) is 1. The van der Waals surface area contributed by atoms with E-state index in [9.17, 15) is 4.79 Å². The van der Waals surface area contributed by atoms with Crippen LogP contribution < -0.4 is 10.6 Å². The van der Waals surface area contributed by atoms with E-state index in [1.165, 1.54) is 12.8 Å². The summed E-state index contributed by atoms with van der Waals surface area (Å²) in [4.78, 5) is 12.5. The zero-order valence-electron chi connectivity index (χ0n) is 14.7. The van der Waals surface area contributed by atoms with Gasteiger partial charge in [0, 0.05) is 22.1 Å². The molecule has 1 amide bonds. The number of fused-ring (bicyclic) bond motifs is 1. The fourth-order valence-corrected chi connectivity index (χ4v) is 4.21. The Morgan fingerprint density at radius 1 is 1.23 bits per heavy atom. The minimum atomic E-state index is -0.368. The van der Waals surface area contributed by atoms with Gasteiger partial charge in [0.25, 0.3) is 0 Å². The van der Waals surface area contributed by atoms with Crippen molar-refractivity contribution < 1.29 is 9.53 Å². The maximum absolute atomic E-state index is 12.5. The molecule has 2 aromatic rings. The second-order valence-electron chi connectivity index (χ2n) is 7.28. The van der Waals surface area contributed by atoms with Crippen LogP contribution >= 0.6 is 15.9 Å². The van der Waals surface area contributed by atoms with Crippen molar-refractivity contribution in [1.82, 2.24) is 5.32 Å². The number of alkyl carbamates (subject to hydrolysis) is 1. The third kappa shape index (κ3) is 3.73. The van der Waals surface area contributed by atoms with Crippen LogP contribution in [-0.2, 0) is 11.3 Å². The maximum atomic E-state index is 12.5. The molecule has 3 atom stereocenters. The Labute approximate surface area is 162 Å². The van der Waals surface area contributed by atoms with Gasteiger partial charge in [-0.3, -0.25) is 0 Å². The first-order valence-corrected chi connectivity index (χ1v) is 9.94. The quantitative estimate of drug-likeness (QED) is 0.717. The summed E-state index contributed by atoms with van der Waals surface area (Å²) in [6.07, 6.45) is 2.16. The van der Waals surface area contributed by atoms with Crippen LogP contribution in [0, 0.1) is 11.8 Å². The van der Waals surface area contributed by atoms with Gasteiger partial charge in [-0.1, -0.05) is 53.2 Å². The van der Waals surface area contributed by atoms with E-state index in [0.29, 0.717) is 17.9 Å². The largest absolute Gasteiger partial charge is 0.445 e. The fraction of sp³-hybridized carbons (Fsp3) is 0.381. The van der Waals surface area contributed by atoms with Crippen molar-refractivity contribution in [2.45, 2.75) is 38.5 Å². The summed E-state index contributed by atoms with van der Waals surface area (Å²) >= 11 is 3.55. The summed E-state index contributed by atoms with van der Waals surface area (Å²) in [6.45, 7) is 2.49. The zero-order chi connectivity index (χ0) is 18.1. The Morgan fingerprint density at radius 2 is 2.00 bits per heavy atom. The lowest BCUT2D eigenvalue weighted by Gasteiger charge is -2.39. The molecule has 2 aliphatic rings. The zero-order valence-corrected chi connectivity index (χ0v) is 16.3. The summed E-state index contributed by atoms with van der Waals surface area (Å²) in [5.74, 6) is 1.00. The molecule has 3 unspecified atom stereocenters. The molecule has 2 aromatic carbocycles. The lowest BCUT2D eigenvalue weighted by atomic mass is 9.82. The highest BCUT2D eigenvalue weighted by Crippen LogP contribution is 2.46. The van der Waals surface area contributed by atoms with Gasteiger partial charge >= 0.3 is 6.09 Å². The summed E-state index contributed by atoms with van der Waals surface area (Å²) in [5.41, 5.74) is 3.21. The van der Waals surface area contributed by atoms with E-state index >= 15 is 0 Å². The average Bonchev–Trinajstić information content (AvgIpc) is 3.48. The van der Waals surface area contributed by atoms with Crippen molar-refractivity contribution in [1.29, 1.82) is 0 Å². The molecule has 1 aliphatic carbocycles. The molecule has 1 saturated carbocycles. The molecule has 1 heterocycles. The Hall–Kier alpha value is -2.01. The standard InChI is InChI=1S/C21H23BrN2O2/c1-13-19(15-7-8-15)23-18-10-9-16(22)11-17(18)20(13)24-21(25)26-12-14-5-3-2-4-6-14/h2-6,9-11,13,15,19-20,23H,7-8,12H2,1H3,(H,24,25). The number of hydrogen-bond acceptors (Lipinski definition) is 3. The number of nitrogens with one attached hydrogen (secondary N) is 2. The third-order valence-electron chi connectivity index (χ3n) is 5.38. The van der Waals surface area contributed by atoms with Crippen molar-refractivity contribution in [3.8, 4) is 0 Å². The first-order valence-electron chi connectivity index (χ1n) is 9.15. The van der Waals surface area contributed by atoms with E-state index in [-0.39, 0.29) is 18.7 Å². The van der Waals surface area contributed by atoms with E-state index in [4.69, 9.17) is 4.74 Å². The number of hydrogen-bond donors (Lipinski definition) is 2. The number of anilines is 1. The van der Waals surface area contributed by atoms with Crippen LogP contribution in [0.4, 0.5) is 10.5 Å². The van der Waals surface area contributed by atoms with Crippen molar-refractivity contribution in [3.63, 3.8) is 0 Å². The van der Waals surface area contributed by atoms with Gasteiger partial charge < -0.3 is 15.4 Å². The van der Waals surface area contributed by atoms with E-state index in [2.05, 4.69) is 45.6 Å². The molecule has 0 radical (unpaired) electrons. The van der Waals surface area contributed by atoms with Crippen molar-refractivity contribution >= 4 is 27.7 Å². The summed E-state index contributed by atoms with van der Waals surface area (Å²) < 4.78 is 6.47. The Morgan fingerprint density at radius 3 is 2.73 bits per heavy atom. The lowest BCUT2D eigenvalue weighted by Crippen LogP contribution is -2.45. The first kappa shape index (κ1) is 17.4. The molecule has 0 saturated heterocycles. The van der Waals surface area contributed by atoms with Gasteiger partial charge in [-0.2, -0.15) is 0 Å². The predicted octanol–water partition coefficient (Wildman–Crippen LogP) is 5.26. The molecule has 0 aromatic heterocycles. The maximum Gasteiger partial charge on any atom is 0.407 e. The smallest absolute Gasteiger partial charge is 0.407 e. The highest BCUT2D eigenvalue weighted by atomic mass is 79.9. The van der Waals surface area contributed by atoms with Crippen molar-refractivity contribution in [2.75, 3.05) is 5.32 Å². The fourth-order valence-electron chi connectivity index (χ4n) is 3.83. The number of halogens is 1. The lowest BCUT2D eigenvalue weighted by molar-refractivity contribution is 0.130. The number of carbonyl (C=O) groups is 1. The van der Waals surface area contributed by atoms with Gasteiger partial charge in [-0.05, 0) is 48.1 Å². The van der Waals surface area contributed by atoms with Crippen LogP contribution in [0.5, 0.6) is 0 Å². The van der Waals surface area contributed by atoms with Crippen LogP contribution in [0.1, 0.15) is 36.9 Å². The minimum absolute atomic E-state index is 0.0578. The van der Waals surface area contributed by atoms with Gasteiger partial charge in [0.1, 0.15) is 6.61 Å². The Balaban J connectivity index is 1.50. The minimum Gasteiger partial charge on any atom is -0.445 e. The van der Waals surface area contributed by atoms with E-state index in [1.54, 1.807) is 0 Å². The predicted molar refractivity (Wildman–Crippen MR) is 106 cm³/mol. The van der Waals surface area contributed by atoms with Gasteiger partial charge in [-0.15, -0.1) is 0 Å². The van der Waals surface area contributed by atoms with Crippen molar-refractivity contribution in [2.24, 2.45) is 11.8 Å². The molecule has 4 nitrogen and oxygen atoms in total. The molecule has 1 fully saturated rings. The SMILES string of the molecule is CC1C(NC(=O)OCc2ccccc2)c2cc(Br)ccc2NC1C1CC1. The Kier molecular flexibility index (Phi) is 4.90. The second-order valence-corrected chi connectivity index (χ2v) is 8.20. The molecule has 2 N–H and O–H groups in total. The summed E-state index contributed by atoms with van der Waals surface area (Å²) in [6, 6.07) is 16.3. The number of carbonyl (C=O) groups excluding carboxylic acids is 1. The third-order valence-corrected chi connectivity index (χ3v) is 5.87. The van der Waals surface area contributed by atoms with E-state index in [1.807, 2.05) is 36.4 Å².